The molecule has 0 bridgehead atoms. The van der Waals surface area contributed by atoms with Gasteiger partial charge in [0.25, 0.3) is 11.8 Å². The smallest absolute Gasteiger partial charge is 0.251 e. The number of rotatable bonds is 2. The third-order valence-electron chi connectivity index (χ3n) is 4.38. The van der Waals surface area contributed by atoms with Crippen LogP contribution in [0.15, 0.2) is 40.9 Å². The Labute approximate surface area is 152 Å². The highest BCUT2D eigenvalue weighted by Crippen LogP contribution is 2.33. The molecule has 0 saturated carbocycles. The lowest BCUT2D eigenvalue weighted by molar-refractivity contribution is 0.0936. The third kappa shape index (κ3) is 2.84. The molecular formula is C18H15BrN2O2S. The first-order valence-corrected chi connectivity index (χ1v) is 9.64. The molecule has 4 rings (SSSR count). The highest BCUT2D eigenvalue weighted by Gasteiger charge is 2.24. The molecule has 6 heteroatoms. The fourth-order valence-corrected chi connectivity index (χ4v) is 4.61. The van der Waals surface area contributed by atoms with Crippen molar-refractivity contribution in [2.45, 2.75) is 18.3 Å². The van der Waals surface area contributed by atoms with Gasteiger partial charge >= 0.3 is 0 Å². The van der Waals surface area contributed by atoms with Crippen LogP contribution in [-0.2, 0) is 12.3 Å². The monoisotopic (exact) mass is 402 g/mol. The second kappa shape index (κ2) is 6.26. The van der Waals surface area contributed by atoms with Crippen molar-refractivity contribution >= 4 is 39.5 Å². The number of carbonyl (C=O) groups excluding carboxylic acids is 2. The molecule has 24 heavy (non-hydrogen) atoms. The molecule has 2 amide bonds. The van der Waals surface area contributed by atoms with E-state index in [1.807, 2.05) is 17.8 Å². The first-order chi connectivity index (χ1) is 11.6. The summed E-state index contributed by atoms with van der Waals surface area (Å²) in [6.07, 6.45) is 0. The topological polar surface area (TPSA) is 58.2 Å². The van der Waals surface area contributed by atoms with Crippen molar-refractivity contribution in [1.29, 1.82) is 0 Å². The van der Waals surface area contributed by atoms with E-state index in [4.69, 9.17) is 0 Å². The van der Waals surface area contributed by atoms with Crippen molar-refractivity contribution in [1.82, 2.24) is 10.6 Å². The van der Waals surface area contributed by atoms with Gasteiger partial charge in [-0.1, -0.05) is 22.0 Å². The van der Waals surface area contributed by atoms with Crippen LogP contribution in [0.5, 0.6) is 0 Å². The van der Waals surface area contributed by atoms with Gasteiger partial charge in [0.05, 0.1) is 6.04 Å². The van der Waals surface area contributed by atoms with E-state index in [0.717, 1.165) is 21.5 Å². The molecule has 4 nitrogen and oxygen atoms in total. The Morgan fingerprint density at radius 1 is 1.21 bits per heavy atom. The van der Waals surface area contributed by atoms with Crippen molar-refractivity contribution in [3.05, 3.63) is 68.7 Å². The Hall–Kier alpha value is -1.79. The van der Waals surface area contributed by atoms with E-state index >= 15 is 0 Å². The first-order valence-electron chi connectivity index (χ1n) is 7.70. The average molecular weight is 403 g/mol. The zero-order chi connectivity index (χ0) is 16.7. The number of amides is 2. The zero-order valence-electron chi connectivity index (χ0n) is 12.8. The fourth-order valence-electron chi connectivity index (χ4n) is 3.13. The summed E-state index contributed by atoms with van der Waals surface area (Å²) in [4.78, 5) is 24.3. The van der Waals surface area contributed by atoms with Gasteiger partial charge in [0, 0.05) is 33.7 Å². The SMILES string of the molecule is O=C(NC1CSCc2ccc(Br)cc21)c1ccc2c(c1)CNC2=O. The predicted octanol–water partition coefficient (Wildman–Crippen LogP) is 3.41. The average Bonchev–Trinajstić information content (AvgIpc) is 2.96. The van der Waals surface area contributed by atoms with Crippen LogP contribution in [0.25, 0.3) is 0 Å². The molecule has 122 valence electrons. The number of nitrogens with one attached hydrogen (secondary N) is 2. The molecule has 2 aliphatic heterocycles. The lowest BCUT2D eigenvalue weighted by atomic mass is 10.0. The summed E-state index contributed by atoms with van der Waals surface area (Å²) < 4.78 is 1.02. The molecule has 2 N–H and O–H groups in total. The van der Waals surface area contributed by atoms with E-state index in [1.54, 1.807) is 18.2 Å². The van der Waals surface area contributed by atoms with E-state index in [-0.39, 0.29) is 17.9 Å². The Kier molecular flexibility index (Phi) is 4.10. The third-order valence-corrected chi connectivity index (χ3v) is 5.96. The zero-order valence-corrected chi connectivity index (χ0v) is 15.2. The molecule has 0 aromatic heterocycles. The summed E-state index contributed by atoms with van der Waals surface area (Å²) in [5.74, 6) is 1.66. The Bertz CT molecular complexity index is 853. The predicted molar refractivity (Wildman–Crippen MR) is 98.1 cm³/mol. The molecule has 2 aromatic carbocycles. The van der Waals surface area contributed by atoms with Gasteiger partial charge in [-0.25, -0.2) is 0 Å². The van der Waals surface area contributed by atoms with Crippen molar-refractivity contribution in [3.8, 4) is 0 Å². The number of fused-ring (bicyclic) bond motifs is 2. The minimum atomic E-state index is -0.101. The Morgan fingerprint density at radius 2 is 2.08 bits per heavy atom. The fraction of sp³-hybridized carbons (Fsp3) is 0.222. The van der Waals surface area contributed by atoms with Crippen LogP contribution in [0.3, 0.4) is 0 Å². The van der Waals surface area contributed by atoms with Gasteiger partial charge in [-0.15, -0.1) is 0 Å². The summed E-state index contributed by atoms with van der Waals surface area (Å²) in [7, 11) is 0. The van der Waals surface area contributed by atoms with Gasteiger partial charge in [0.2, 0.25) is 0 Å². The van der Waals surface area contributed by atoms with Gasteiger partial charge < -0.3 is 10.6 Å². The molecular weight excluding hydrogens is 388 g/mol. The quantitative estimate of drug-likeness (QED) is 0.808. The molecule has 0 saturated heterocycles. The highest BCUT2D eigenvalue weighted by molar-refractivity contribution is 9.10. The maximum absolute atomic E-state index is 12.7. The van der Waals surface area contributed by atoms with Crippen LogP contribution in [0.2, 0.25) is 0 Å². The Morgan fingerprint density at radius 3 is 2.96 bits per heavy atom. The molecule has 2 aliphatic rings. The van der Waals surface area contributed by atoms with Gasteiger partial charge in [-0.05, 0) is 47.0 Å². The van der Waals surface area contributed by atoms with E-state index in [1.165, 1.54) is 11.1 Å². The van der Waals surface area contributed by atoms with E-state index in [2.05, 4.69) is 38.7 Å². The number of benzene rings is 2. The number of halogens is 1. The highest BCUT2D eigenvalue weighted by atomic mass is 79.9. The second-order valence-corrected chi connectivity index (χ2v) is 7.88. The van der Waals surface area contributed by atoms with Crippen LogP contribution in [-0.4, -0.2) is 17.6 Å². The van der Waals surface area contributed by atoms with Gasteiger partial charge in [-0.2, -0.15) is 11.8 Å². The van der Waals surface area contributed by atoms with Gasteiger partial charge in [0.15, 0.2) is 0 Å². The second-order valence-electron chi connectivity index (χ2n) is 5.94. The van der Waals surface area contributed by atoms with Crippen molar-refractivity contribution in [3.63, 3.8) is 0 Å². The number of hydrogen-bond acceptors (Lipinski definition) is 3. The maximum Gasteiger partial charge on any atom is 0.251 e. The largest absolute Gasteiger partial charge is 0.348 e. The van der Waals surface area contributed by atoms with Gasteiger partial charge in [-0.3, -0.25) is 9.59 Å². The number of hydrogen-bond donors (Lipinski definition) is 2. The van der Waals surface area contributed by atoms with Crippen LogP contribution in [0.1, 0.15) is 43.4 Å². The molecule has 1 unspecified atom stereocenters. The molecule has 0 spiro atoms. The molecule has 1 atom stereocenters. The molecule has 2 heterocycles. The first kappa shape index (κ1) is 15.7. The van der Waals surface area contributed by atoms with E-state index < -0.39 is 0 Å². The van der Waals surface area contributed by atoms with Gasteiger partial charge in [0.1, 0.15) is 0 Å². The number of thioether (sulfide) groups is 1. The summed E-state index contributed by atoms with van der Waals surface area (Å²) in [6.45, 7) is 0.490. The maximum atomic E-state index is 12.7. The molecule has 0 aliphatic carbocycles. The Balaban J connectivity index is 1.58. The normalized spacial score (nSPS) is 18.5. The van der Waals surface area contributed by atoms with Crippen molar-refractivity contribution < 1.29 is 9.59 Å². The van der Waals surface area contributed by atoms with Crippen molar-refractivity contribution in [2.24, 2.45) is 0 Å². The minimum absolute atomic E-state index is 0.00300. The number of carbonyl (C=O) groups is 2. The van der Waals surface area contributed by atoms with E-state index in [9.17, 15) is 9.59 Å². The summed E-state index contributed by atoms with van der Waals surface area (Å²) in [5, 5.41) is 5.91. The van der Waals surface area contributed by atoms with Crippen molar-refractivity contribution in [2.75, 3.05) is 5.75 Å². The summed E-state index contributed by atoms with van der Waals surface area (Å²) >= 11 is 5.33. The van der Waals surface area contributed by atoms with E-state index in [0.29, 0.717) is 17.7 Å². The summed E-state index contributed by atoms with van der Waals surface area (Å²) in [6, 6.07) is 11.5. The molecule has 0 radical (unpaired) electrons. The van der Waals surface area contributed by atoms with Crippen LogP contribution in [0.4, 0.5) is 0 Å². The summed E-state index contributed by atoms with van der Waals surface area (Å²) in [5.41, 5.74) is 4.58. The molecule has 0 fully saturated rings. The van der Waals surface area contributed by atoms with Crippen LogP contribution < -0.4 is 10.6 Å². The van der Waals surface area contributed by atoms with Crippen LogP contribution in [0, 0.1) is 0 Å². The lowest BCUT2D eigenvalue weighted by Gasteiger charge is -2.26. The lowest BCUT2D eigenvalue weighted by Crippen LogP contribution is -2.32. The molecule has 2 aromatic rings. The minimum Gasteiger partial charge on any atom is -0.348 e. The standard InChI is InChI=1S/C18H15BrN2O2S/c19-13-3-1-11-8-24-9-16(15(11)6-13)21-17(22)10-2-4-14-12(5-10)7-20-18(14)23/h1-6,16H,7-9H2,(H,20,23)(H,21,22). The van der Waals surface area contributed by atoms with Crippen LogP contribution >= 0.6 is 27.7 Å².